The van der Waals surface area contributed by atoms with Gasteiger partial charge in [0.15, 0.2) is 0 Å². The summed E-state index contributed by atoms with van der Waals surface area (Å²) in [6.45, 7) is -1.11. The summed E-state index contributed by atoms with van der Waals surface area (Å²) < 4.78 is 61.3. The van der Waals surface area contributed by atoms with Gasteiger partial charge >= 0.3 is 16.3 Å². The minimum atomic E-state index is -4.28. The zero-order valence-corrected chi connectivity index (χ0v) is 33.9. The molecule has 1 unspecified atom stereocenters. The minimum Gasteiger partial charge on any atom is -0.453 e. The second-order valence-electron chi connectivity index (χ2n) is 12.3. The first-order chi connectivity index (χ1) is 26.8. The van der Waals surface area contributed by atoms with E-state index in [9.17, 15) is 31.5 Å². The Morgan fingerprint density at radius 1 is 0.911 bits per heavy atom. The topological polar surface area (TPSA) is 193 Å². The molecule has 3 aromatic heterocycles. The molecule has 3 N–H and O–H groups in total. The fourth-order valence-corrected chi connectivity index (χ4v) is 9.44. The van der Waals surface area contributed by atoms with Crippen molar-refractivity contribution in [1.29, 1.82) is 0 Å². The van der Waals surface area contributed by atoms with Crippen LogP contribution in [0.15, 0.2) is 114 Å². The van der Waals surface area contributed by atoms with E-state index in [4.69, 9.17) is 0 Å². The number of carbonyl (C=O) groups excluding carboxylic acids is 2. The van der Waals surface area contributed by atoms with E-state index in [1.807, 2.05) is 0 Å². The minimum absolute atomic E-state index is 0.0557. The number of hydrogen-bond acceptors (Lipinski definition) is 12. The number of sulfonamides is 1. The number of thiophene rings is 1. The Bertz CT molecular complexity index is 2400. The van der Waals surface area contributed by atoms with Gasteiger partial charge in [0, 0.05) is 42.2 Å². The lowest BCUT2D eigenvalue weighted by Crippen LogP contribution is -2.36. The Hall–Kier alpha value is -5.02. The normalized spacial score (nSPS) is 12.2. The van der Waals surface area contributed by atoms with Crippen LogP contribution < -0.4 is 10.6 Å². The molecule has 6 aromatic rings. The first-order valence-electron chi connectivity index (χ1n) is 17.0. The lowest BCUT2D eigenvalue weighted by molar-refractivity contribution is -0.120. The standard InChI is InChI=1S/C24H29N7O8S4.C13H12/c1-29(2)43(37,38)31-13-16(9-28-31)12-30(42(35,36)18-5-7-21-19(8-18)27-15-40-21)20(14-32)22-6-4-17(41-22)10-25-23(33)11-26-24(34)39-3;1-3-7-12(8-4-1)11-13-9-5-2-6-10-13/h4-9,13,15,20,32H,10-12,14H2,1-3H3,(H,25,33)(H,26,34);1-10H,11H2. The van der Waals surface area contributed by atoms with E-state index in [-0.39, 0.29) is 30.1 Å². The number of methoxy groups -OCH3 is 1. The quantitative estimate of drug-likeness (QED) is 0.134. The van der Waals surface area contributed by atoms with Crippen LogP contribution in [0.25, 0.3) is 10.2 Å². The van der Waals surface area contributed by atoms with Crippen LogP contribution in [0.3, 0.4) is 0 Å². The van der Waals surface area contributed by atoms with Crippen LogP contribution in [0, 0.1) is 0 Å². The SMILES string of the molecule is COC(=O)NCC(=O)NCc1ccc(C(CO)N(Cc2cnn(S(=O)(=O)N(C)C)c2)S(=O)(=O)c2ccc3scnc3c2)s1.c1ccc(Cc2ccccc2)cc1. The molecule has 0 aliphatic heterocycles. The summed E-state index contributed by atoms with van der Waals surface area (Å²) >= 11 is 2.54. The molecule has 15 nitrogen and oxygen atoms in total. The van der Waals surface area contributed by atoms with Crippen LogP contribution in [0.1, 0.15) is 32.5 Å². The molecule has 56 heavy (non-hydrogen) atoms. The van der Waals surface area contributed by atoms with Gasteiger partial charge in [-0.15, -0.1) is 22.7 Å². The second kappa shape index (κ2) is 19.2. The van der Waals surface area contributed by atoms with Gasteiger partial charge in [0.05, 0.1) is 53.1 Å². The molecule has 0 radical (unpaired) electrons. The molecule has 1 atom stereocenters. The van der Waals surface area contributed by atoms with E-state index < -0.39 is 44.9 Å². The number of carbonyl (C=O) groups is 2. The average molecular weight is 840 g/mol. The summed E-state index contributed by atoms with van der Waals surface area (Å²) in [5, 5.41) is 19.3. The van der Waals surface area contributed by atoms with Gasteiger partial charge in [-0.05, 0) is 47.9 Å². The number of amides is 2. The fraction of sp³-hybridized carbons (Fsp3) is 0.243. The third-order valence-corrected chi connectivity index (χ3v) is 13.7. The van der Waals surface area contributed by atoms with Gasteiger partial charge in [0.2, 0.25) is 15.9 Å². The maximum absolute atomic E-state index is 14.1. The van der Waals surface area contributed by atoms with Gasteiger partial charge in [-0.3, -0.25) is 4.79 Å². The number of thiazole rings is 1. The Morgan fingerprint density at radius 3 is 2.21 bits per heavy atom. The Morgan fingerprint density at radius 2 is 1.59 bits per heavy atom. The molecule has 0 bridgehead atoms. The highest BCUT2D eigenvalue weighted by atomic mass is 32.2. The first-order valence-corrected chi connectivity index (χ1v) is 21.5. The number of alkyl carbamates (subject to hydrolysis) is 1. The van der Waals surface area contributed by atoms with Crippen molar-refractivity contribution in [2.75, 3.05) is 34.4 Å². The zero-order valence-electron chi connectivity index (χ0n) is 30.7. The van der Waals surface area contributed by atoms with Gasteiger partial charge in [0.1, 0.15) is 6.54 Å². The highest BCUT2D eigenvalue weighted by Crippen LogP contribution is 2.34. The molecular weight excluding hydrogens is 799 g/mol. The van der Waals surface area contributed by atoms with Crippen molar-refractivity contribution >= 4 is 65.1 Å². The number of aliphatic hydroxyl groups is 1. The lowest BCUT2D eigenvalue weighted by Gasteiger charge is -2.29. The maximum atomic E-state index is 14.1. The molecule has 3 aromatic carbocycles. The van der Waals surface area contributed by atoms with E-state index in [0.717, 1.165) is 23.8 Å². The fourth-order valence-electron chi connectivity index (χ4n) is 5.28. The Balaban J connectivity index is 0.000000386. The molecule has 0 aliphatic rings. The molecule has 296 valence electrons. The van der Waals surface area contributed by atoms with Gasteiger partial charge < -0.3 is 20.5 Å². The Kier molecular flexibility index (Phi) is 14.5. The number of benzene rings is 3. The average Bonchev–Trinajstić information content (AvgIpc) is 3.99. The molecule has 19 heteroatoms. The summed E-state index contributed by atoms with van der Waals surface area (Å²) in [7, 11) is -4.36. The second-order valence-corrected chi connectivity index (χ2v) is 18.3. The van der Waals surface area contributed by atoms with Crippen LogP contribution >= 0.6 is 22.7 Å². The van der Waals surface area contributed by atoms with E-state index >= 15 is 0 Å². The number of rotatable bonds is 15. The summed E-state index contributed by atoms with van der Waals surface area (Å²) in [6.07, 6.45) is 2.74. The van der Waals surface area contributed by atoms with Gasteiger partial charge in [-0.1, -0.05) is 60.7 Å². The molecule has 3 heterocycles. The summed E-state index contributed by atoms with van der Waals surface area (Å²) in [6, 6.07) is 27.9. The molecule has 0 fully saturated rings. The van der Waals surface area contributed by atoms with Crippen LogP contribution in [0.4, 0.5) is 4.79 Å². The molecule has 0 saturated heterocycles. The van der Waals surface area contributed by atoms with Gasteiger partial charge in [-0.25, -0.2) is 18.2 Å². The van der Waals surface area contributed by atoms with Crippen molar-refractivity contribution in [3.63, 3.8) is 0 Å². The summed E-state index contributed by atoms with van der Waals surface area (Å²) in [5.74, 6) is -0.467. The van der Waals surface area contributed by atoms with Crippen molar-refractivity contribution < 1.29 is 36.3 Å². The van der Waals surface area contributed by atoms with E-state index in [1.54, 1.807) is 23.7 Å². The number of hydrogen-bond donors (Lipinski definition) is 3. The number of aromatic nitrogens is 3. The number of nitrogens with zero attached hydrogens (tertiary/aromatic N) is 5. The molecule has 6 rings (SSSR count). The lowest BCUT2D eigenvalue weighted by atomic mass is 10.1. The van der Waals surface area contributed by atoms with Crippen LogP contribution in [0.2, 0.25) is 0 Å². The van der Waals surface area contributed by atoms with Crippen LogP contribution in [-0.2, 0) is 49.3 Å². The van der Waals surface area contributed by atoms with Crippen LogP contribution in [-0.4, -0.2) is 91.1 Å². The van der Waals surface area contributed by atoms with E-state index in [2.05, 4.69) is 86.1 Å². The Labute approximate surface area is 333 Å². The predicted molar refractivity (Wildman–Crippen MR) is 215 cm³/mol. The van der Waals surface area contributed by atoms with Crippen molar-refractivity contribution in [1.82, 2.24) is 33.4 Å². The molecule has 0 saturated carbocycles. The summed E-state index contributed by atoms with van der Waals surface area (Å²) in [5.41, 5.74) is 5.10. The molecule has 2 amide bonds. The smallest absolute Gasteiger partial charge is 0.407 e. The monoisotopic (exact) mass is 839 g/mol. The number of nitrogens with one attached hydrogen (secondary N) is 2. The van der Waals surface area contributed by atoms with Crippen molar-refractivity contribution in [3.8, 4) is 0 Å². The highest BCUT2D eigenvalue weighted by Gasteiger charge is 2.34. The maximum Gasteiger partial charge on any atom is 0.407 e. The first kappa shape index (κ1) is 42.1. The molecule has 0 aliphatic carbocycles. The van der Waals surface area contributed by atoms with Crippen LogP contribution in [0.5, 0.6) is 0 Å². The molecule has 0 spiro atoms. The van der Waals surface area contributed by atoms with E-state index in [0.29, 0.717) is 15.3 Å². The predicted octanol–water partition coefficient (Wildman–Crippen LogP) is 4.38. The number of fused-ring (bicyclic) bond motifs is 1. The van der Waals surface area contributed by atoms with Gasteiger partial charge in [-0.2, -0.15) is 26.2 Å². The zero-order chi connectivity index (χ0) is 40.3. The third-order valence-electron chi connectivity index (χ3n) is 8.22. The van der Waals surface area contributed by atoms with Crippen molar-refractivity contribution in [3.05, 3.63) is 135 Å². The van der Waals surface area contributed by atoms with Crippen molar-refractivity contribution in [2.45, 2.75) is 30.4 Å². The highest BCUT2D eigenvalue weighted by molar-refractivity contribution is 7.89. The number of ether oxygens (including phenoxy) is 1. The van der Waals surface area contributed by atoms with E-state index in [1.165, 1.54) is 79.5 Å². The summed E-state index contributed by atoms with van der Waals surface area (Å²) in [4.78, 5) is 28.5. The third kappa shape index (κ3) is 10.8. The number of aliphatic hydroxyl groups excluding tert-OH is 1. The molecular formula is C37H41N7O8S4. The largest absolute Gasteiger partial charge is 0.453 e. The van der Waals surface area contributed by atoms with Gasteiger partial charge in [0.25, 0.3) is 0 Å². The van der Waals surface area contributed by atoms with Crippen molar-refractivity contribution in [2.24, 2.45) is 0 Å².